The molecule has 5 aliphatic rings. The maximum absolute atomic E-state index is 2.77. The summed E-state index contributed by atoms with van der Waals surface area (Å²) in [6, 6.07) is 53.6. The van der Waals surface area contributed by atoms with E-state index in [2.05, 4.69) is 219 Å². The van der Waals surface area contributed by atoms with E-state index in [0.29, 0.717) is 0 Å². The number of hydrogen-bond acceptors (Lipinski definition) is 2. The predicted molar refractivity (Wildman–Crippen MR) is 302 cm³/mol. The molecule has 0 atom stereocenters. The topological polar surface area (TPSA) is 8.17 Å². The van der Waals surface area contributed by atoms with Crippen LogP contribution in [0.3, 0.4) is 0 Å². The number of anilines is 2. The molecule has 0 amide bonds. The van der Waals surface area contributed by atoms with Crippen LogP contribution in [0.15, 0.2) is 133 Å². The minimum atomic E-state index is -0.166. The molecule has 0 N–H and O–H groups in total. The Morgan fingerprint density at radius 2 is 1.11 bits per heavy atom. The SMILES string of the molecule is CC(C)(C)c1ccc(N2B3c4cc5c(cc4-n4c6cc7c(cc6c6ccc(c3c64)-c3cc4c(cc32)-c2cc3c(cc2C4(C)C)C(C)(C)CCC3(C)C)sc2ccccc27)C(C)(C)c2ccccc2-5)cc1. The molecule has 3 aliphatic carbocycles. The van der Waals surface area contributed by atoms with Gasteiger partial charge in [0.1, 0.15) is 0 Å². The predicted octanol–water partition coefficient (Wildman–Crippen LogP) is 16.6. The van der Waals surface area contributed by atoms with Crippen molar-refractivity contribution in [2.45, 2.75) is 116 Å². The highest BCUT2D eigenvalue weighted by Gasteiger charge is 2.49. The first-order valence-corrected chi connectivity index (χ1v) is 26.6. The summed E-state index contributed by atoms with van der Waals surface area (Å²) < 4.78 is 5.40. The van der Waals surface area contributed by atoms with E-state index in [9.17, 15) is 0 Å². The van der Waals surface area contributed by atoms with Crippen LogP contribution < -0.4 is 15.7 Å². The van der Waals surface area contributed by atoms with Crippen molar-refractivity contribution in [3.8, 4) is 39.1 Å². The highest BCUT2D eigenvalue weighted by molar-refractivity contribution is 7.25. The average Bonchev–Trinajstić information content (AvgIpc) is 4.00. The standard InChI is InChI=1S/C66H59BN2S/c1-62(2,3)36-20-22-37(23-21-36)69-56-31-44-42-28-52-53(64(6,7)27-26-63(52,4)5)34-50(42)66(10,11)49(44)29-45(56)40-24-25-41-46-33-59-47(39-17-13-15-19-58(39)70-59)32-55(46)68-57-35-51-43(30-54(57)67(69)60(40)61(41)68)38-16-12-14-18-48(38)65(51,8)9/h12-25,28-35H,26-27H2,1-11H3. The van der Waals surface area contributed by atoms with Gasteiger partial charge in [0, 0.05) is 64.4 Å². The molecular formula is C66H59BN2S. The van der Waals surface area contributed by atoms with Crippen molar-refractivity contribution in [3.63, 3.8) is 0 Å². The lowest BCUT2D eigenvalue weighted by Crippen LogP contribution is -2.60. The molecule has 8 aromatic carbocycles. The molecule has 70 heavy (non-hydrogen) atoms. The van der Waals surface area contributed by atoms with Crippen molar-refractivity contribution in [3.05, 3.63) is 172 Å². The number of benzene rings is 8. The normalized spacial score (nSPS) is 17.9. The van der Waals surface area contributed by atoms with Gasteiger partial charge in [-0.15, -0.1) is 11.3 Å². The van der Waals surface area contributed by atoms with Crippen molar-refractivity contribution < 1.29 is 0 Å². The first-order chi connectivity index (χ1) is 33.3. The van der Waals surface area contributed by atoms with Gasteiger partial charge in [0.05, 0.1) is 11.0 Å². The Balaban J connectivity index is 1.09. The Labute approximate surface area is 417 Å². The van der Waals surface area contributed by atoms with Gasteiger partial charge in [-0.3, -0.25) is 0 Å². The molecule has 0 saturated heterocycles. The fraction of sp³-hybridized carbons (Fsp3) is 0.273. The van der Waals surface area contributed by atoms with E-state index in [1.807, 2.05) is 11.3 Å². The molecule has 4 heteroatoms. The minimum Gasteiger partial charge on any atom is -0.376 e. The zero-order chi connectivity index (χ0) is 47.9. The lowest BCUT2D eigenvalue weighted by Gasteiger charge is -2.43. The molecule has 2 nitrogen and oxygen atoms in total. The van der Waals surface area contributed by atoms with Gasteiger partial charge in [-0.05, 0) is 161 Å². The number of aromatic nitrogens is 1. The van der Waals surface area contributed by atoms with Crippen molar-refractivity contribution in [1.82, 2.24) is 4.57 Å². The van der Waals surface area contributed by atoms with E-state index in [4.69, 9.17) is 0 Å². The second-order valence-electron chi connectivity index (χ2n) is 25.2. The molecule has 342 valence electrons. The number of rotatable bonds is 1. The Bertz CT molecular complexity index is 4050. The Morgan fingerprint density at radius 3 is 1.89 bits per heavy atom. The van der Waals surface area contributed by atoms with E-state index < -0.39 is 0 Å². The quantitative estimate of drug-likeness (QED) is 0.149. The van der Waals surface area contributed by atoms with E-state index in [0.717, 1.165) is 0 Å². The van der Waals surface area contributed by atoms with Gasteiger partial charge < -0.3 is 9.38 Å². The molecule has 10 aromatic rings. The van der Waals surface area contributed by atoms with Gasteiger partial charge in [-0.1, -0.05) is 155 Å². The third kappa shape index (κ3) is 5.06. The van der Waals surface area contributed by atoms with Gasteiger partial charge in [-0.25, -0.2) is 0 Å². The van der Waals surface area contributed by atoms with Gasteiger partial charge in [0.25, 0.3) is 0 Å². The van der Waals surface area contributed by atoms with Crippen LogP contribution in [0.4, 0.5) is 11.4 Å². The van der Waals surface area contributed by atoms with Crippen LogP contribution in [-0.4, -0.2) is 11.4 Å². The molecule has 0 radical (unpaired) electrons. The fourth-order valence-corrected chi connectivity index (χ4v) is 15.6. The summed E-state index contributed by atoms with van der Waals surface area (Å²) in [5.41, 5.74) is 27.6. The number of hydrogen-bond donors (Lipinski definition) is 0. The highest BCUT2D eigenvalue weighted by atomic mass is 32.1. The summed E-state index contributed by atoms with van der Waals surface area (Å²) >= 11 is 1.92. The lowest BCUT2D eigenvalue weighted by molar-refractivity contribution is 0.331. The van der Waals surface area contributed by atoms with Crippen LogP contribution in [0.25, 0.3) is 81.0 Å². The molecule has 15 rings (SSSR count). The molecule has 0 fully saturated rings. The molecule has 0 bridgehead atoms. The second-order valence-corrected chi connectivity index (χ2v) is 26.3. The van der Waals surface area contributed by atoms with E-state index in [1.165, 1.54) is 150 Å². The first kappa shape index (κ1) is 41.4. The molecular weight excluding hydrogens is 864 g/mol. The van der Waals surface area contributed by atoms with Gasteiger partial charge in [-0.2, -0.15) is 0 Å². The maximum atomic E-state index is 2.77. The smallest absolute Gasteiger partial charge is 0.333 e. The zero-order valence-electron chi connectivity index (χ0n) is 42.5. The van der Waals surface area contributed by atoms with Gasteiger partial charge in [0.2, 0.25) is 0 Å². The maximum Gasteiger partial charge on any atom is 0.333 e. The Morgan fingerprint density at radius 1 is 0.471 bits per heavy atom. The molecule has 4 heterocycles. The molecule has 0 saturated carbocycles. The number of thiophene rings is 1. The van der Waals surface area contributed by atoms with E-state index in [1.54, 1.807) is 5.56 Å². The average molecular weight is 923 g/mol. The lowest BCUT2D eigenvalue weighted by atomic mass is 9.43. The molecule has 0 unspecified atom stereocenters. The van der Waals surface area contributed by atoms with E-state index in [-0.39, 0.29) is 33.9 Å². The first-order valence-electron chi connectivity index (χ1n) is 25.8. The summed E-state index contributed by atoms with van der Waals surface area (Å²) in [6.07, 6.45) is 2.41. The zero-order valence-corrected chi connectivity index (χ0v) is 43.3. The van der Waals surface area contributed by atoms with Crippen LogP contribution >= 0.6 is 11.3 Å². The Kier molecular flexibility index (Phi) is 7.66. The van der Waals surface area contributed by atoms with Crippen LogP contribution in [0, 0.1) is 0 Å². The minimum absolute atomic E-state index is 0.0346. The van der Waals surface area contributed by atoms with Crippen LogP contribution in [0.1, 0.15) is 128 Å². The van der Waals surface area contributed by atoms with Gasteiger partial charge >= 0.3 is 6.85 Å². The monoisotopic (exact) mass is 922 g/mol. The summed E-state index contributed by atoms with van der Waals surface area (Å²) in [4.78, 5) is 2.77. The second kappa shape index (κ2) is 12.9. The summed E-state index contributed by atoms with van der Waals surface area (Å²) in [7, 11) is 0. The molecule has 2 aliphatic heterocycles. The number of fused-ring (bicyclic) bond motifs is 18. The van der Waals surface area contributed by atoms with Crippen molar-refractivity contribution in [1.29, 1.82) is 0 Å². The van der Waals surface area contributed by atoms with Crippen molar-refractivity contribution >= 4 is 82.5 Å². The highest BCUT2D eigenvalue weighted by Crippen LogP contribution is 2.58. The van der Waals surface area contributed by atoms with E-state index >= 15 is 0 Å². The third-order valence-electron chi connectivity index (χ3n) is 18.6. The van der Waals surface area contributed by atoms with Gasteiger partial charge in [0.15, 0.2) is 0 Å². The summed E-state index contributed by atoms with van der Waals surface area (Å²) in [5, 5.41) is 5.35. The van der Waals surface area contributed by atoms with Crippen LogP contribution in [0.2, 0.25) is 0 Å². The van der Waals surface area contributed by atoms with Crippen molar-refractivity contribution in [2.75, 3.05) is 4.81 Å². The number of nitrogens with zero attached hydrogens (tertiary/aromatic N) is 2. The van der Waals surface area contributed by atoms with Crippen LogP contribution in [-0.2, 0) is 27.1 Å². The molecule has 0 spiro atoms. The summed E-state index contributed by atoms with van der Waals surface area (Å²) in [6.45, 7) is 26.7. The summed E-state index contributed by atoms with van der Waals surface area (Å²) in [5.74, 6) is 0. The molecule has 2 aromatic heterocycles. The van der Waals surface area contributed by atoms with Crippen LogP contribution in [0.5, 0.6) is 0 Å². The fourth-order valence-electron chi connectivity index (χ4n) is 14.5. The Hall–Kier alpha value is -6.36. The van der Waals surface area contributed by atoms with Crippen molar-refractivity contribution in [2.24, 2.45) is 0 Å². The third-order valence-corrected chi connectivity index (χ3v) is 19.7. The largest absolute Gasteiger partial charge is 0.376 e.